The maximum atomic E-state index is 13.2. The summed E-state index contributed by atoms with van der Waals surface area (Å²) in [7, 11) is 3.85. The molecule has 0 saturated carbocycles. The van der Waals surface area contributed by atoms with Crippen molar-refractivity contribution in [3.63, 3.8) is 0 Å². The van der Waals surface area contributed by atoms with E-state index >= 15 is 0 Å². The Morgan fingerprint density at radius 3 is 2.44 bits per heavy atom. The van der Waals surface area contributed by atoms with E-state index in [4.69, 9.17) is 4.42 Å². The molecule has 0 spiro atoms. The van der Waals surface area contributed by atoms with Gasteiger partial charge in [0.05, 0.1) is 16.5 Å². The van der Waals surface area contributed by atoms with Crippen molar-refractivity contribution in [1.29, 1.82) is 0 Å². The zero-order valence-electron chi connectivity index (χ0n) is 15.1. The van der Waals surface area contributed by atoms with Crippen molar-refractivity contribution < 1.29 is 9.52 Å². The topological polar surface area (TPSA) is 53.7 Å². The molecule has 0 fully saturated rings. The van der Waals surface area contributed by atoms with Crippen LogP contribution in [0.15, 0.2) is 45.6 Å². The molecule has 3 rings (SSSR count). The third kappa shape index (κ3) is 3.05. The van der Waals surface area contributed by atoms with Crippen LogP contribution in [0.5, 0.6) is 5.75 Å². The minimum Gasteiger partial charge on any atom is -0.507 e. The first-order chi connectivity index (χ1) is 11.9. The lowest BCUT2D eigenvalue weighted by Crippen LogP contribution is -2.14. The molecule has 4 nitrogen and oxygen atoms in total. The molecular formula is C21H23NO3. The molecule has 1 N–H and O–H groups in total. The summed E-state index contributed by atoms with van der Waals surface area (Å²) in [5.41, 5.74) is 3.27. The molecule has 0 atom stereocenters. The highest BCUT2D eigenvalue weighted by molar-refractivity contribution is 5.87. The van der Waals surface area contributed by atoms with Gasteiger partial charge in [-0.3, -0.25) is 4.79 Å². The second-order valence-electron chi connectivity index (χ2n) is 6.56. The minimum absolute atomic E-state index is 0.0559. The van der Waals surface area contributed by atoms with Gasteiger partial charge >= 0.3 is 0 Å². The quantitative estimate of drug-likeness (QED) is 0.779. The van der Waals surface area contributed by atoms with Crippen LogP contribution in [0, 0.1) is 6.92 Å². The van der Waals surface area contributed by atoms with Gasteiger partial charge in [0.15, 0.2) is 0 Å². The Morgan fingerprint density at radius 1 is 1.16 bits per heavy atom. The van der Waals surface area contributed by atoms with Crippen molar-refractivity contribution in [1.82, 2.24) is 4.90 Å². The zero-order valence-corrected chi connectivity index (χ0v) is 15.1. The van der Waals surface area contributed by atoms with Crippen LogP contribution in [-0.4, -0.2) is 24.1 Å². The predicted molar refractivity (Wildman–Crippen MR) is 101 cm³/mol. The first-order valence-corrected chi connectivity index (χ1v) is 8.45. The molecule has 0 aliphatic carbocycles. The van der Waals surface area contributed by atoms with Gasteiger partial charge < -0.3 is 14.4 Å². The lowest BCUT2D eigenvalue weighted by atomic mass is 9.98. The van der Waals surface area contributed by atoms with Crippen molar-refractivity contribution in [2.24, 2.45) is 0 Å². The average molecular weight is 337 g/mol. The van der Waals surface area contributed by atoms with Gasteiger partial charge in [-0.2, -0.15) is 0 Å². The number of phenols is 1. The van der Waals surface area contributed by atoms with Gasteiger partial charge in [-0.15, -0.1) is 0 Å². The van der Waals surface area contributed by atoms with Crippen molar-refractivity contribution in [3.8, 4) is 16.9 Å². The van der Waals surface area contributed by atoms with E-state index in [1.165, 1.54) is 0 Å². The third-order valence-corrected chi connectivity index (χ3v) is 4.42. The highest BCUT2D eigenvalue weighted by atomic mass is 16.3. The molecule has 25 heavy (non-hydrogen) atoms. The summed E-state index contributed by atoms with van der Waals surface area (Å²) < 4.78 is 6.05. The Kier molecular flexibility index (Phi) is 4.64. The fourth-order valence-corrected chi connectivity index (χ4v) is 3.23. The summed E-state index contributed by atoms with van der Waals surface area (Å²) in [6.45, 7) is 4.27. The number of benzene rings is 2. The first-order valence-electron chi connectivity index (χ1n) is 8.45. The second-order valence-corrected chi connectivity index (χ2v) is 6.56. The Labute approximate surface area is 147 Å². The Morgan fingerprint density at radius 2 is 1.84 bits per heavy atom. The van der Waals surface area contributed by atoms with E-state index in [1.54, 1.807) is 13.0 Å². The van der Waals surface area contributed by atoms with Gasteiger partial charge in [0.2, 0.25) is 5.43 Å². The maximum Gasteiger partial charge on any atom is 0.200 e. The minimum atomic E-state index is -0.0559. The molecule has 0 amide bonds. The fraction of sp³-hybridized carbons (Fsp3) is 0.286. The van der Waals surface area contributed by atoms with Gasteiger partial charge in [-0.25, -0.2) is 0 Å². The van der Waals surface area contributed by atoms with Crippen LogP contribution in [0.25, 0.3) is 22.1 Å². The molecule has 0 unspecified atom stereocenters. The average Bonchev–Trinajstić information content (AvgIpc) is 2.58. The van der Waals surface area contributed by atoms with Crippen LogP contribution in [0.1, 0.15) is 23.8 Å². The molecule has 0 saturated heterocycles. The van der Waals surface area contributed by atoms with Crippen LogP contribution in [0.4, 0.5) is 0 Å². The van der Waals surface area contributed by atoms with Gasteiger partial charge in [0.1, 0.15) is 17.1 Å². The second kappa shape index (κ2) is 6.73. The van der Waals surface area contributed by atoms with E-state index in [0.29, 0.717) is 40.8 Å². The van der Waals surface area contributed by atoms with E-state index in [-0.39, 0.29) is 11.2 Å². The highest BCUT2D eigenvalue weighted by Crippen LogP contribution is 2.34. The third-order valence-electron chi connectivity index (χ3n) is 4.42. The van der Waals surface area contributed by atoms with Gasteiger partial charge in [0.25, 0.3) is 0 Å². The molecule has 1 heterocycles. The first kappa shape index (κ1) is 17.2. The number of aryl methyl sites for hydroxylation is 2. The molecule has 1 aromatic heterocycles. The van der Waals surface area contributed by atoms with Gasteiger partial charge in [-0.05, 0) is 44.6 Å². The molecule has 0 radical (unpaired) electrons. The van der Waals surface area contributed by atoms with Crippen LogP contribution < -0.4 is 5.43 Å². The standard InChI is InChI=1S/C21H23NO3/c1-5-14-11-16-20(24)18(15-9-7-6-8-10-15)13(2)25-21(16)17(19(14)23)12-22(3)4/h6-11,23H,5,12H2,1-4H3. The van der Waals surface area contributed by atoms with Crippen molar-refractivity contribution in [3.05, 3.63) is 63.5 Å². The number of nitrogens with zero attached hydrogens (tertiary/aromatic N) is 1. The molecule has 2 aromatic carbocycles. The van der Waals surface area contributed by atoms with Crippen LogP contribution in [0.2, 0.25) is 0 Å². The summed E-state index contributed by atoms with van der Waals surface area (Å²) >= 11 is 0. The Balaban J connectivity index is 2.40. The predicted octanol–water partition coefficient (Wildman–Crippen LogP) is 4.10. The molecule has 3 aromatic rings. The maximum absolute atomic E-state index is 13.2. The summed E-state index contributed by atoms with van der Waals surface area (Å²) in [4.78, 5) is 15.2. The number of fused-ring (bicyclic) bond motifs is 1. The van der Waals surface area contributed by atoms with Gasteiger partial charge in [-0.1, -0.05) is 37.3 Å². The van der Waals surface area contributed by atoms with E-state index in [1.807, 2.05) is 56.3 Å². The van der Waals surface area contributed by atoms with E-state index < -0.39 is 0 Å². The van der Waals surface area contributed by atoms with Crippen molar-refractivity contribution >= 4 is 11.0 Å². The normalized spacial score (nSPS) is 11.4. The van der Waals surface area contributed by atoms with Crippen LogP contribution >= 0.6 is 0 Å². The van der Waals surface area contributed by atoms with Gasteiger partial charge in [0, 0.05) is 6.54 Å². The Bertz CT molecular complexity index is 972. The molecule has 4 heteroatoms. The molecule has 0 aliphatic rings. The number of phenolic OH excluding ortho intramolecular Hbond substituents is 1. The van der Waals surface area contributed by atoms with E-state index in [9.17, 15) is 9.90 Å². The van der Waals surface area contributed by atoms with E-state index in [0.717, 1.165) is 11.1 Å². The van der Waals surface area contributed by atoms with Crippen molar-refractivity contribution in [2.75, 3.05) is 14.1 Å². The lowest BCUT2D eigenvalue weighted by Gasteiger charge is -2.17. The Hall–Kier alpha value is -2.59. The zero-order chi connectivity index (χ0) is 18.1. The van der Waals surface area contributed by atoms with Crippen LogP contribution in [-0.2, 0) is 13.0 Å². The number of aromatic hydroxyl groups is 1. The SMILES string of the molecule is CCc1cc2c(=O)c(-c3ccccc3)c(C)oc2c(CN(C)C)c1O. The van der Waals surface area contributed by atoms with Crippen molar-refractivity contribution in [2.45, 2.75) is 26.8 Å². The molecule has 0 aliphatic heterocycles. The van der Waals surface area contributed by atoms with Crippen LogP contribution in [0.3, 0.4) is 0 Å². The summed E-state index contributed by atoms with van der Waals surface area (Å²) in [6, 6.07) is 11.3. The molecular weight excluding hydrogens is 314 g/mol. The smallest absolute Gasteiger partial charge is 0.200 e. The lowest BCUT2D eigenvalue weighted by molar-refractivity contribution is 0.382. The number of rotatable bonds is 4. The van der Waals surface area contributed by atoms with E-state index in [2.05, 4.69) is 0 Å². The monoisotopic (exact) mass is 337 g/mol. The number of hydrogen-bond acceptors (Lipinski definition) is 4. The molecule has 0 bridgehead atoms. The summed E-state index contributed by atoms with van der Waals surface area (Å²) in [5, 5.41) is 11.1. The fourth-order valence-electron chi connectivity index (χ4n) is 3.23. The highest BCUT2D eigenvalue weighted by Gasteiger charge is 2.20. The summed E-state index contributed by atoms with van der Waals surface area (Å²) in [5.74, 6) is 0.783. The largest absolute Gasteiger partial charge is 0.507 e. The number of hydrogen-bond donors (Lipinski definition) is 1. The summed E-state index contributed by atoms with van der Waals surface area (Å²) in [6.07, 6.45) is 0.649. The molecule has 130 valence electrons.